The summed E-state index contributed by atoms with van der Waals surface area (Å²) in [6.45, 7) is 1.66. The van der Waals surface area contributed by atoms with Crippen molar-refractivity contribution in [1.82, 2.24) is 24.8 Å². The van der Waals surface area contributed by atoms with E-state index < -0.39 is 17.4 Å². The van der Waals surface area contributed by atoms with E-state index in [1.807, 2.05) is 0 Å². The number of aromatic nitrogens is 5. The highest BCUT2D eigenvalue weighted by atomic mass is 32.1. The minimum Gasteiger partial charge on any atom is -0.342 e. The number of halogens is 3. The van der Waals surface area contributed by atoms with Gasteiger partial charge in [-0.1, -0.05) is 60.9 Å². The van der Waals surface area contributed by atoms with Crippen molar-refractivity contribution in [2.75, 3.05) is 0 Å². The Morgan fingerprint density at radius 3 is 2.47 bits per heavy atom. The molecule has 0 unspecified atom stereocenters. The van der Waals surface area contributed by atoms with Crippen LogP contribution in [0.3, 0.4) is 0 Å². The van der Waals surface area contributed by atoms with Gasteiger partial charge in [0.05, 0.1) is 11.1 Å². The van der Waals surface area contributed by atoms with Gasteiger partial charge >= 0.3 is 6.18 Å². The normalized spacial score (nSPS) is 15.5. The van der Waals surface area contributed by atoms with Crippen LogP contribution in [0.5, 0.6) is 0 Å². The molecular weight excluding hydrogens is 439 g/mol. The molecule has 1 aromatic carbocycles. The summed E-state index contributed by atoms with van der Waals surface area (Å²) in [5.74, 6) is 0.323. The number of alkyl halides is 3. The second kappa shape index (κ2) is 7.84. The molecule has 0 atom stereocenters. The summed E-state index contributed by atoms with van der Waals surface area (Å²) in [5.41, 5.74) is -0.929. The molecule has 1 N–H and O–H groups in total. The molecule has 3 aromatic heterocycles. The van der Waals surface area contributed by atoms with Gasteiger partial charge in [-0.15, -0.1) is 10.2 Å². The third-order valence-corrected chi connectivity index (χ3v) is 7.02. The first kappa shape index (κ1) is 20.9. The molecule has 0 amide bonds. The molecular formula is C22H20F3N5OS. The quantitative estimate of drug-likeness (QED) is 0.434. The second-order valence-electron chi connectivity index (χ2n) is 8.06. The van der Waals surface area contributed by atoms with Crippen molar-refractivity contribution >= 4 is 17.0 Å². The molecule has 10 heteroatoms. The van der Waals surface area contributed by atoms with Crippen molar-refractivity contribution in [2.45, 2.75) is 51.1 Å². The molecule has 0 aliphatic heterocycles. The van der Waals surface area contributed by atoms with E-state index in [2.05, 4.69) is 20.3 Å². The number of benzene rings is 1. The molecule has 1 fully saturated rings. The van der Waals surface area contributed by atoms with Crippen LogP contribution >= 0.6 is 11.3 Å². The topological polar surface area (TPSA) is 75.9 Å². The van der Waals surface area contributed by atoms with E-state index >= 15 is 0 Å². The zero-order valence-corrected chi connectivity index (χ0v) is 18.1. The van der Waals surface area contributed by atoms with Gasteiger partial charge in [0.25, 0.3) is 5.56 Å². The fourth-order valence-corrected chi connectivity index (χ4v) is 5.47. The third kappa shape index (κ3) is 3.52. The van der Waals surface area contributed by atoms with Gasteiger partial charge in [0.1, 0.15) is 10.7 Å². The molecule has 3 heterocycles. The summed E-state index contributed by atoms with van der Waals surface area (Å²) in [5, 5.41) is 13.5. The third-order valence-electron chi connectivity index (χ3n) is 5.91. The summed E-state index contributed by atoms with van der Waals surface area (Å²) in [6.07, 6.45) is 0.849. The van der Waals surface area contributed by atoms with Gasteiger partial charge in [0, 0.05) is 11.6 Å². The Labute approximate surface area is 185 Å². The predicted molar refractivity (Wildman–Crippen MR) is 116 cm³/mol. The fraction of sp³-hybridized carbons (Fsp3) is 0.364. The van der Waals surface area contributed by atoms with Crippen molar-refractivity contribution < 1.29 is 13.2 Å². The first-order chi connectivity index (χ1) is 15.3. The smallest absolute Gasteiger partial charge is 0.342 e. The number of nitrogens with one attached hydrogen (secondary N) is 1. The Morgan fingerprint density at radius 2 is 1.78 bits per heavy atom. The molecule has 6 nitrogen and oxygen atoms in total. The maximum atomic E-state index is 13.8. The molecule has 0 radical (unpaired) electrons. The van der Waals surface area contributed by atoms with Crippen LogP contribution in [-0.2, 0) is 6.18 Å². The largest absolute Gasteiger partial charge is 0.435 e. The fourth-order valence-electron chi connectivity index (χ4n) is 4.37. The molecule has 4 aromatic rings. The van der Waals surface area contributed by atoms with Crippen LogP contribution in [0.1, 0.15) is 54.4 Å². The monoisotopic (exact) mass is 459 g/mol. The zero-order valence-electron chi connectivity index (χ0n) is 17.2. The van der Waals surface area contributed by atoms with Gasteiger partial charge in [-0.2, -0.15) is 22.8 Å². The number of H-pyrrole nitrogens is 1. The van der Waals surface area contributed by atoms with Crippen LogP contribution in [0.4, 0.5) is 13.2 Å². The van der Waals surface area contributed by atoms with Crippen LogP contribution in [-0.4, -0.2) is 24.8 Å². The zero-order chi connectivity index (χ0) is 22.5. The molecule has 166 valence electrons. The first-order valence-corrected chi connectivity index (χ1v) is 11.3. The summed E-state index contributed by atoms with van der Waals surface area (Å²) in [6, 6.07) is 8.14. The van der Waals surface area contributed by atoms with E-state index in [4.69, 9.17) is 0 Å². The maximum Gasteiger partial charge on any atom is 0.435 e. The Kier molecular flexibility index (Phi) is 5.11. The summed E-state index contributed by atoms with van der Waals surface area (Å²) in [4.78, 5) is 16.3. The predicted octanol–water partition coefficient (Wildman–Crippen LogP) is 5.58. The van der Waals surface area contributed by atoms with Crippen molar-refractivity contribution in [3.63, 3.8) is 0 Å². The number of hydrogen-bond donors (Lipinski definition) is 1. The number of nitrogens with zero attached hydrogens (tertiary/aromatic N) is 4. The lowest BCUT2D eigenvalue weighted by atomic mass is 9.90. The van der Waals surface area contributed by atoms with E-state index in [1.54, 1.807) is 37.3 Å². The van der Waals surface area contributed by atoms with E-state index in [0.29, 0.717) is 22.2 Å². The van der Waals surface area contributed by atoms with Crippen LogP contribution in [0.15, 0.2) is 35.1 Å². The van der Waals surface area contributed by atoms with E-state index in [-0.39, 0.29) is 16.8 Å². The Morgan fingerprint density at radius 1 is 1.06 bits per heavy atom. The minimum atomic E-state index is -4.72. The Hall–Kier alpha value is -3.01. The second-order valence-corrected chi connectivity index (χ2v) is 9.07. The number of fused-ring (bicyclic) bond motifs is 1. The van der Waals surface area contributed by atoms with E-state index in [0.717, 1.165) is 35.2 Å². The maximum absolute atomic E-state index is 13.8. The highest BCUT2D eigenvalue weighted by Crippen LogP contribution is 2.39. The van der Waals surface area contributed by atoms with Crippen LogP contribution in [0.25, 0.3) is 27.3 Å². The van der Waals surface area contributed by atoms with Gasteiger partial charge in [0.2, 0.25) is 0 Å². The molecule has 32 heavy (non-hydrogen) atoms. The van der Waals surface area contributed by atoms with Crippen LogP contribution in [0.2, 0.25) is 0 Å². The van der Waals surface area contributed by atoms with E-state index in [9.17, 15) is 18.0 Å². The number of aryl methyl sites for hydroxylation is 1. The molecule has 1 saturated carbocycles. The summed E-state index contributed by atoms with van der Waals surface area (Å²) >= 11 is 1.34. The first-order valence-electron chi connectivity index (χ1n) is 10.5. The number of hydrogen-bond acceptors (Lipinski definition) is 5. The Bertz CT molecular complexity index is 1330. The van der Waals surface area contributed by atoms with Crippen molar-refractivity contribution in [3.8, 4) is 21.7 Å². The summed E-state index contributed by atoms with van der Waals surface area (Å²) < 4.78 is 42.3. The lowest BCUT2D eigenvalue weighted by Gasteiger charge is -2.18. The average molecular weight is 459 g/mol. The number of aromatic amines is 1. The highest BCUT2D eigenvalue weighted by Gasteiger charge is 2.39. The molecule has 1 aliphatic rings. The standard InChI is InChI=1S/C22H20F3N5OS/c1-12-15(20-28-27-19(32-20)14-10-6-3-7-11-14)21(31)30-18(26-12)16(13-8-4-2-5-9-13)17(29-30)22(23,24)25/h2,4-5,8-9,14,26H,3,6-7,10-11H2,1H3. The van der Waals surface area contributed by atoms with Gasteiger partial charge < -0.3 is 4.98 Å². The molecule has 5 rings (SSSR count). The van der Waals surface area contributed by atoms with Crippen molar-refractivity contribution in [1.29, 1.82) is 0 Å². The van der Waals surface area contributed by atoms with Crippen molar-refractivity contribution in [2.24, 2.45) is 0 Å². The summed E-state index contributed by atoms with van der Waals surface area (Å²) in [7, 11) is 0. The van der Waals surface area contributed by atoms with Crippen LogP contribution < -0.4 is 5.56 Å². The lowest BCUT2D eigenvalue weighted by Crippen LogP contribution is -2.19. The van der Waals surface area contributed by atoms with Gasteiger partial charge in [-0.05, 0) is 25.3 Å². The minimum absolute atomic E-state index is 0.00629. The number of rotatable bonds is 3. The Balaban J connectivity index is 1.69. The molecule has 0 spiro atoms. The molecule has 1 aliphatic carbocycles. The lowest BCUT2D eigenvalue weighted by molar-refractivity contribution is -0.140. The van der Waals surface area contributed by atoms with Crippen LogP contribution in [0, 0.1) is 6.92 Å². The van der Waals surface area contributed by atoms with Gasteiger partial charge in [-0.3, -0.25) is 4.79 Å². The molecule has 0 bridgehead atoms. The van der Waals surface area contributed by atoms with Gasteiger partial charge in [0.15, 0.2) is 10.7 Å². The molecule has 0 saturated heterocycles. The highest BCUT2D eigenvalue weighted by molar-refractivity contribution is 7.14. The van der Waals surface area contributed by atoms with E-state index in [1.165, 1.54) is 17.8 Å². The van der Waals surface area contributed by atoms with Crippen molar-refractivity contribution in [3.05, 3.63) is 57.1 Å². The average Bonchev–Trinajstić information content (AvgIpc) is 3.40. The SMILES string of the molecule is Cc1[nH]c2c(-c3ccccc3)c(C(F)(F)F)nn2c(=O)c1-c1nnc(C2CCCCC2)s1. The van der Waals surface area contributed by atoms with Gasteiger partial charge in [-0.25, -0.2) is 0 Å².